The van der Waals surface area contributed by atoms with Crippen LogP contribution < -0.4 is 5.56 Å². The van der Waals surface area contributed by atoms with Crippen LogP contribution in [0.1, 0.15) is 11.1 Å². The van der Waals surface area contributed by atoms with Gasteiger partial charge in [0.05, 0.1) is 0 Å². The first kappa shape index (κ1) is 9.75. The number of hydrogen-bond donors (Lipinski definition) is 1. The Kier molecular flexibility index (Phi) is 2.22. The van der Waals surface area contributed by atoms with Crippen LogP contribution in [0.4, 0.5) is 0 Å². The van der Waals surface area contributed by atoms with E-state index < -0.39 is 0 Å². The molecule has 3 nitrogen and oxygen atoms in total. The zero-order chi connectivity index (χ0) is 11.0. The van der Waals surface area contributed by atoms with E-state index in [9.17, 15) is 4.79 Å². The van der Waals surface area contributed by atoms with E-state index in [0.29, 0.717) is 10.5 Å². The normalized spacial score (nSPS) is 10.2. The number of aromatic nitrogens is 1. The van der Waals surface area contributed by atoms with E-state index in [-0.39, 0.29) is 11.1 Å². The van der Waals surface area contributed by atoms with E-state index in [1.807, 2.05) is 13.0 Å². The van der Waals surface area contributed by atoms with E-state index in [1.165, 1.54) is 0 Å². The molecule has 1 aromatic carbocycles. The lowest BCUT2D eigenvalue weighted by atomic mass is 10.1. The lowest BCUT2D eigenvalue weighted by Crippen LogP contribution is -2.09. The summed E-state index contributed by atoms with van der Waals surface area (Å²) in [5, 5.41) is 10.1. The highest BCUT2D eigenvalue weighted by Gasteiger charge is 2.04. The lowest BCUT2D eigenvalue weighted by Gasteiger charge is -2.02. The number of hydrogen-bond acceptors (Lipinski definition) is 2. The van der Waals surface area contributed by atoms with Gasteiger partial charge in [0.2, 0.25) is 0 Å². The number of nitrogens with one attached hydrogen (secondary N) is 1. The minimum atomic E-state index is -0.369. The fraction of sp³-hybridized carbons (Fsp3) is 0.0909. The van der Waals surface area contributed by atoms with Crippen molar-refractivity contribution in [3.05, 3.63) is 44.7 Å². The van der Waals surface area contributed by atoms with Crippen molar-refractivity contribution in [1.82, 2.24) is 4.98 Å². The van der Waals surface area contributed by atoms with Crippen LogP contribution in [0.3, 0.4) is 0 Å². The maximum absolute atomic E-state index is 11.3. The van der Waals surface area contributed by atoms with Gasteiger partial charge in [-0.25, -0.2) is 0 Å². The Bertz CT molecular complexity index is 637. The van der Waals surface area contributed by atoms with Gasteiger partial charge >= 0.3 is 0 Å². The molecule has 0 aliphatic carbocycles. The van der Waals surface area contributed by atoms with Crippen molar-refractivity contribution in [3.63, 3.8) is 0 Å². The lowest BCUT2D eigenvalue weighted by molar-refractivity contribution is 1.27. The summed E-state index contributed by atoms with van der Waals surface area (Å²) in [6.45, 7) is 1.86. The first-order valence-electron chi connectivity index (χ1n) is 4.35. The number of nitrogens with zero attached hydrogens (tertiary/aromatic N) is 1. The standard InChI is InChI=1S/C11H7ClN2O/c1-6-2-10-7(4-9(6)12)3-8(5-13)11(15)14-10/h2-4H,1H3,(H,14,15). The third-order valence-electron chi connectivity index (χ3n) is 2.24. The molecule has 0 unspecified atom stereocenters. The van der Waals surface area contributed by atoms with Crippen molar-refractivity contribution in [2.24, 2.45) is 0 Å². The van der Waals surface area contributed by atoms with Gasteiger partial charge in [-0.05, 0) is 30.7 Å². The third-order valence-corrected chi connectivity index (χ3v) is 2.65. The maximum atomic E-state index is 11.3. The molecule has 2 aromatic rings. The van der Waals surface area contributed by atoms with E-state index in [1.54, 1.807) is 18.2 Å². The van der Waals surface area contributed by atoms with Gasteiger partial charge in [-0.1, -0.05) is 11.6 Å². The molecule has 0 radical (unpaired) electrons. The van der Waals surface area contributed by atoms with Crippen LogP contribution in [0, 0.1) is 18.3 Å². The summed E-state index contributed by atoms with van der Waals surface area (Å²) in [7, 11) is 0. The molecular weight excluding hydrogens is 212 g/mol. The first-order chi connectivity index (χ1) is 7.11. The monoisotopic (exact) mass is 218 g/mol. The number of H-pyrrole nitrogens is 1. The summed E-state index contributed by atoms with van der Waals surface area (Å²) >= 11 is 5.95. The summed E-state index contributed by atoms with van der Waals surface area (Å²) in [4.78, 5) is 14.0. The minimum Gasteiger partial charge on any atom is -0.321 e. The van der Waals surface area contributed by atoms with Crippen LogP contribution in [0.25, 0.3) is 10.9 Å². The Hall–Kier alpha value is -1.79. The van der Waals surface area contributed by atoms with Gasteiger partial charge in [0.25, 0.3) is 5.56 Å². The SMILES string of the molecule is Cc1cc2[nH]c(=O)c(C#N)cc2cc1Cl. The third kappa shape index (κ3) is 1.60. The van der Waals surface area contributed by atoms with Crippen LogP contribution in [0.5, 0.6) is 0 Å². The van der Waals surface area contributed by atoms with E-state index >= 15 is 0 Å². The molecule has 0 atom stereocenters. The Morgan fingerprint density at radius 2 is 2.13 bits per heavy atom. The number of aryl methyl sites for hydroxylation is 1. The molecule has 74 valence electrons. The average Bonchev–Trinajstić information content (AvgIpc) is 2.20. The van der Waals surface area contributed by atoms with Crippen LogP contribution >= 0.6 is 11.6 Å². The van der Waals surface area contributed by atoms with Crippen LogP contribution in [0.2, 0.25) is 5.02 Å². The molecule has 1 aromatic heterocycles. The quantitative estimate of drug-likeness (QED) is 0.738. The van der Waals surface area contributed by atoms with Crippen LogP contribution in [0.15, 0.2) is 23.0 Å². The number of pyridine rings is 1. The second kappa shape index (κ2) is 3.41. The van der Waals surface area contributed by atoms with E-state index in [0.717, 1.165) is 10.9 Å². The highest BCUT2D eigenvalue weighted by Crippen LogP contribution is 2.21. The van der Waals surface area contributed by atoms with Crippen LogP contribution in [-0.4, -0.2) is 4.98 Å². The highest BCUT2D eigenvalue weighted by molar-refractivity contribution is 6.32. The molecule has 0 aliphatic heterocycles. The zero-order valence-corrected chi connectivity index (χ0v) is 8.72. The molecule has 0 saturated heterocycles. The van der Waals surface area contributed by atoms with Crippen molar-refractivity contribution in [1.29, 1.82) is 5.26 Å². The average molecular weight is 219 g/mol. The molecule has 2 rings (SSSR count). The van der Waals surface area contributed by atoms with Gasteiger partial charge in [0.15, 0.2) is 0 Å². The Balaban J connectivity index is 2.90. The highest BCUT2D eigenvalue weighted by atomic mass is 35.5. The van der Waals surface area contributed by atoms with Gasteiger partial charge in [-0.15, -0.1) is 0 Å². The number of fused-ring (bicyclic) bond motifs is 1. The number of aromatic amines is 1. The molecule has 1 N–H and O–H groups in total. The summed E-state index contributed by atoms with van der Waals surface area (Å²) in [6.07, 6.45) is 0. The van der Waals surface area contributed by atoms with Crippen molar-refractivity contribution in [3.8, 4) is 6.07 Å². The Morgan fingerprint density at radius 3 is 2.80 bits per heavy atom. The predicted octanol–water partition coefficient (Wildman–Crippen LogP) is 2.36. The van der Waals surface area contributed by atoms with Gasteiger partial charge in [-0.2, -0.15) is 5.26 Å². The number of nitriles is 1. The largest absolute Gasteiger partial charge is 0.321 e. The molecule has 0 bridgehead atoms. The molecule has 4 heteroatoms. The fourth-order valence-electron chi connectivity index (χ4n) is 1.42. The van der Waals surface area contributed by atoms with E-state index in [2.05, 4.69) is 4.98 Å². The summed E-state index contributed by atoms with van der Waals surface area (Å²) in [6, 6.07) is 6.91. The molecule has 0 fully saturated rings. The van der Waals surface area contributed by atoms with Gasteiger partial charge < -0.3 is 4.98 Å². The topological polar surface area (TPSA) is 56.6 Å². The number of halogens is 1. The summed E-state index contributed by atoms with van der Waals surface area (Å²) in [5.41, 5.74) is 1.32. The number of rotatable bonds is 0. The molecular formula is C11H7ClN2O. The molecule has 0 spiro atoms. The van der Waals surface area contributed by atoms with E-state index in [4.69, 9.17) is 16.9 Å². The maximum Gasteiger partial charge on any atom is 0.266 e. The second-order valence-corrected chi connectivity index (χ2v) is 3.72. The molecule has 15 heavy (non-hydrogen) atoms. The van der Waals surface area contributed by atoms with Gasteiger partial charge in [0.1, 0.15) is 11.6 Å². The van der Waals surface area contributed by atoms with Crippen LogP contribution in [-0.2, 0) is 0 Å². The molecule has 0 aliphatic rings. The smallest absolute Gasteiger partial charge is 0.266 e. The summed E-state index contributed by atoms with van der Waals surface area (Å²) < 4.78 is 0. The first-order valence-corrected chi connectivity index (χ1v) is 4.73. The molecule has 1 heterocycles. The molecule has 0 saturated carbocycles. The van der Waals surface area contributed by atoms with Crippen molar-refractivity contribution >= 4 is 22.5 Å². The molecule has 0 amide bonds. The predicted molar refractivity (Wildman–Crippen MR) is 59.0 cm³/mol. The van der Waals surface area contributed by atoms with Gasteiger partial charge in [0, 0.05) is 15.9 Å². The second-order valence-electron chi connectivity index (χ2n) is 3.31. The summed E-state index contributed by atoms with van der Waals surface area (Å²) in [5.74, 6) is 0. The fourth-order valence-corrected chi connectivity index (χ4v) is 1.59. The minimum absolute atomic E-state index is 0.0995. The van der Waals surface area contributed by atoms with Crippen molar-refractivity contribution < 1.29 is 0 Å². The zero-order valence-electron chi connectivity index (χ0n) is 7.97. The Labute approximate surface area is 90.9 Å². The van der Waals surface area contributed by atoms with Gasteiger partial charge in [-0.3, -0.25) is 4.79 Å². The van der Waals surface area contributed by atoms with Crippen molar-refractivity contribution in [2.45, 2.75) is 6.92 Å². The Morgan fingerprint density at radius 1 is 1.40 bits per heavy atom. The number of benzene rings is 1. The van der Waals surface area contributed by atoms with Crippen molar-refractivity contribution in [2.75, 3.05) is 0 Å².